The number of hydrogen-bond acceptors (Lipinski definition) is 3. The molecule has 1 aliphatic heterocycles. The lowest BCUT2D eigenvalue weighted by Crippen LogP contribution is -2.50. The molecule has 0 N–H and O–H groups in total. The molecule has 138 valence electrons. The lowest BCUT2D eigenvalue weighted by Gasteiger charge is -2.39. The fourth-order valence-electron chi connectivity index (χ4n) is 3.60. The quantitative estimate of drug-likeness (QED) is 0.829. The summed E-state index contributed by atoms with van der Waals surface area (Å²) in [6.07, 6.45) is 0. The van der Waals surface area contributed by atoms with E-state index in [4.69, 9.17) is 0 Å². The Hall–Kier alpha value is -2.17. The van der Waals surface area contributed by atoms with Crippen LogP contribution in [-0.4, -0.2) is 60.9 Å². The summed E-state index contributed by atoms with van der Waals surface area (Å²) in [5, 5.41) is 0. The zero-order valence-electron chi connectivity index (χ0n) is 16.1. The number of likely N-dealkylation sites (N-methyl/N-ethyl adjacent to an activating group) is 1. The van der Waals surface area contributed by atoms with E-state index in [0.717, 1.165) is 38.3 Å². The van der Waals surface area contributed by atoms with Crippen LogP contribution in [0.3, 0.4) is 0 Å². The summed E-state index contributed by atoms with van der Waals surface area (Å²) in [7, 11) is 3.68. The SMILES string of the molecule is Cc1ccccc1CN1CCN(C(C(=O)N(C)C)c2ccccc2)CC1. The van der Waals surface area contributed by atoms with E-state index in [9.17, 15) is 4.79 Å². The number of rotatable bonds is 5. The molecule has 0 bridgehead atoms. The molecule has 0 aromatic heterocycles. The van der Waals surface area contributed by atoms with Crippen molar-refractivity contribution in [1.82, 2.24) is 14.7 Å². The van der Waals surface area contributed by atoms with Gasteiger partial charge in [0.05, 0.1) is 0 Å². The Balaban J connectivity index is 1.68. The van der Waals surface area contributed by atoms with E-state index in [1.54, 1.807) is 4.90 Å². The average molecular weight is 351 g/mol. The van der Waals surface area contributed by atoms with E-state index in [-0.39, 0.29) is 11.9 Å². The number of carbonyl (C=O) groups is 1. The number of nitrogens with zero attached hydrogens (tertiary/aromatic N) is 3. The molecule has 1 fully saturated rings. The van der Waals surface area contributed by atoms with E-state index in [1.165, 1.54) is 11.1 Å². The molecule has 2 aromatic carbocycles. The summed E-state index contributed by atoms with van der Waals surface area (Å²) < 4.78 is 0. The van der Waals surface area contributed by atoms with Crippen LogP contribution >= 0.6 is 0 Å². The van der Waals surface area contributed by atoms with Gasteiger partial charge in [0.25, 0.3) is 0 Å². The van der Waals surface area contributed by atoms with Crippen LogP contribution in [0.5, 0.6) is 0 Å². The number of carbonyl (C=O) groups excluding carboxylic acids is 1. The van der Waals surface area contributed by atoms with Crippen molar-refractivity contribution < 1.29 is 4.79 Å². The molecule has 4 heteroatoms. The van der Waals surface area contributed by atoms with Gasteiger partial charge >= 0.3 is 0 Å². The van der Waals surface area contributed by atoms with Gasteiger partial charge in [-0.1, -0.05) is 54.6 Å². The van der Waals surface area contributed by atoms with Crippen molar-refractivity contribution in [1.29, 1.82) is 0 Å². The van der Waals surface area contributed by atoms with Crippen LogP contribution < -0.4 is 0 Å². The van der Waals surface area contributed by atoms with Crippen LogP contribution in [0.1, 0.15) is 22.7 Å². The minimum Gasteiger partial charge on any atom is -0.347 e. The van der Waals surface area contributed by atoms with Gasteiger partial charge < -0.3 is 4.90 Å². The number of piperazine rings is 1. The Morgan fingerprint density at radius 1 is 0.962 bits per heavy atom. The zero-order chi connectivity index (χ0) is 18.5. The smallest absolute Gasteiger partial charge is 0.244 e. The molecule has 26 heavy (non-hydrogen) atoms. The molecular weight excluding hydrogens is 322 g/mol. The van der Waals surface area contributed by atoms with Crippen LogP contribution in [0.4, 0.5) is 0 Å². The molecule has 0 aliphatic carbocycles. The van der Waals surface area contributed by atoms with E-state index in [0.29, 0.717) is 0 Å². The van der Waals surface area contributed by atoms with Crippen molar-refractivity contribution in [3.05, 3.63) is 71.3 Å². The molecule has 2 aromatic rings. The zero-order valence-corrected chi connectivity index (χ0v) is 16.1. The van der Waals surface area contributed by atoms with Gasteiger partial charge in [0, 0.05) is 46.8 Å². The highest BCUT2D eigenvalue weighted by Gasteiger charge is 2.31. The Morgan fingerprint density at radius 2 is 1.58 bits per heavy atom. The van der Waals surface area contributed by atoms with Crippen LogP contribution in [-0.2, 0) is 11.3 Å². The van der Waals surface area contributed by atoms with Gasteiger partial charge in [-0.05, 0) is 23.6 Å². The fourth-order valence-corrected chi connectivity index (χ4v) is 3.60. The third-order valence-electron chi connectivity index (χ3n) is 5.22. The number of aryl methyl sites for hydroxylation is 1. The van der Waals surface area contributed by atoms with Crippen LogP contribution in [0.15, 0.2) is 54.6 Å². The normalized spacial score (nSPS) is 17.0. The topological polar surface area (TPSA) is 26.8 Å². The molecule has 4 nitrogen and oxygen atoms in total. The summed E-state index contributed by atoms with van der Waals surface area (Å²) in [5.74, 6) is 0.156. The Bertz CT molecular complexity index is 721. The first-order valence-electron chi connectivity index (χ1n) is 9.33. The maximum atomic E-state index is 12.8. The highest BCUT2D eigenvalue weighted by molar-refractivity contribution is 5.82. The average Bonchev–Trinajstić information content (AvgIpc) is 2.66. The molecule has 0 radical (unpaired) electrons. The Labute approximate surface area is 157 Å². The van der Waals surface area contributed by atoms with Crippen LogP contribution in [0.2, 0.25) is 0 Å². The highest BCUT2D eigenvalue weighted by Crippen LogP contribution is 2.24. The minimum absolute atomic E-state index is 0.156. The number of benzene rings is 2. The van der Waals surface area contributed by atoms with Crippen molar-refractivity contribution in [2.45, 2.75) is 19.5 Å². The van der Waals surface area contributed by atoms with Gasteiger partial charge in [-0.3, -0.25) is 14.6 Å². The largest absolute Gasteiger partial charge is 0.347 e. The molecule has 1 unspecified atom stereocenters. The highest BCUT2D eigenvalue weighted by atomic mass is 16.2. The van der Waals surface area contributed by atoms with Gasteiger partial charge in [-0.25, -0.2) is 0 Å². The second-order valence-corrected chi connectivity index (χ2v) is 7.28. The second-order valence-electron chi connectivity index (χ2n) is 7.28. The third kappa shape index (κ3) is 4.32. The van der Waals surface area contributed by atoms with Crippen molar-refractivity contribution in [3.63, 3.8) is 0 Å². The lowest BCUT2D eigenvalue weighted by molar-refractivity contribution is -0.135. The van der Waals surface area contributed by atoms with Gasteiger partial charge in [-0.15, -0.1) is 0 Å². The summed E-state index contributed by atoms with van der Waals surface area (Å²) in [5.41, 5.74) is 3.82. The number of amides is 1. The Kier molecular flexibility index (Phi) is 6.07. The minimum atomic E-state index is -0.188. The van der Waals surface area contributed by atoms with Crippen LogP contribution in [0, 0.1) is 6.92 Å². The molecular formula is C22H29N3O. The summed E-state index contributed by atoms with van der Waals surface area (Å²) in [4.78, 5) is 19.3. The van der Waals surface area contributed by atoms with Gasteiger partial charge in [-0.2, -0.15) is 0 Å². The molecule has 1 aliphatic rings. The molecule has 3 rings (SSSR count). The van der Waals surface area contributed by atoms with Crippen molar-refractivity contribution in [3.8, 4) is 0 Å². The maximum absolute atomic E-state index is 12.8. The predicted octanol–water partition coefficient (Wildman–Crippen LogP) is 2.94. The van der Waals surface area contributed by atoms with Gasteiger partial charge in [0.15, 0.2) is 0 Å². The molecule has 1 heterocycles. The molecule has 1 amide bonds. The first kappa shape index (κ1) is 18.6. The Morgan fingerprint density at radius 3 is 2.19 bits per heavy atom. The molecule has 1 saturated heterocycles. The van der Waals surface area contributed by atoms with E-state index >= 15 is 0 Å². The summed E-state index contributed by atoms with van der Waals surface area (Å²) in [6.45, 7) is 6.94. The molecule has 1 atom stereocenters. The lowest BCUT2D eigenvalue weighted by atomic mass is 10.0. The predicted molar refractivity (Wildman–Crippen MR) is 106 cm³/mol. The number of hydrogen-bond donors (Lipinski definition) is 0. The second kappa shape index (κ2) is 8.47. The van der Waals surface area contributed by atoms with E-state index < -0.39 is 0 Å². The fraction of sp³-hybridized carbons (Fsp3) is 0.409. The van der Waals surface area contributed by atoms with Gasteiger partial charge in [0.2, 0.25) is 5.91 Å². The van der Waals surface area contributed by atoms with Crippen molar-refractivity contribution in [2.75, 3.05) is 40.3 Å². The summed E-state index contributed by atoms with van der Waals surface area (Å²) >= 11 is 0. The third-order valence-corrected chi connectivity index (χ3v) is 5.22. The first-order chi connectivity index (χ1) is 12.6. The van der Waals surface area contributed by atoms with E-state index in [1.807, 2.05) is 32.3 Å². The monoisotopic (exact) mass is 351 g/mol. The first-order valence-corrected chi connectivity index (χ1v) is 9.33. The van der Waals surface area contributed by atoms with E-state index in [2.05, 4.69) is 53.1 Å². The molecule has 0 saturated carbocycles. The van der Waals surface area contributed by atoms with Crippen molar-refractivity contribution in [2.24, 2.45) is 0 Å². The van der Waals surface area contributed by atoms with Gasteiger partial charge in [0.1, 0.15) is 6.04 Å². The van der Waals surface area contributed by atoms with Crippen LogP contribution in [0.25, 0.3) is 0 Å². The molecule has 0 spiro atoms. The van der Waals surface area contributed by atoms with Crippen molar-refractivity contribution >= 4 is 5.91 Å². The maximum Gasteiger partial charge on any atom is 0.244 e. The standard InChI is InChI=1S/C22H29N3O/c1-18-9-7-8-12-20(18)17-24-13-15-25(16-14-24)21(22(26)23(2)3)19-10-5-4-6-11-19/h4-12,21H,13-17H2,1-3H3. The summed E-state index contributed by atoms with van der Waals surface area (Å²) in [6, 6.07) is 18.6.